The highest BCUT2D eigenvalue weighted by Crippen LogP contribution is 2.18. The molecule has 1 heterocycles. The van der Waals surface area contributed by atoms with Crippen LogP contribution in [0, 0.1) is 0 Å². The first kappa shape index (κ1) is 11.7. The molecule has 18 heavy (non-hydrogen) atoms. The molecule has 0 radical (unpaired) electrons. The molecule has 0 amide bonds. The first-order valence-corrected chi connectivity index (χ1v) is 7.07. The Morgan fingerprint density at radius 1 is 1.17 bits per heavy atom. The zero-order valence-electron chi connectivity index (χ0n) is 10.8. The van der Waals surface area contributed by atoms with Crippen LogP contribution in [0.1, 0.15) is 44.1 Å². The average molecular weight is 243 g/mol. The van der Waals surface area contributed by atoms with E-state index in [1.807, 2.05) is 0 Å². The predicted octanol–water partition coefficient (Wildman–Crippen LogP) is 3.38. The minimum Gasteiger partial charge on any atom is -0.345 e. The highest BCUT2D eigenvalue weighted by Gasteiger charge is 2.11. The number of aromatic amines is 1. The zero-order valence-corrected chi connectivity index (χ0v) is 10.8. The molecule has 3 rings (SSSR count). The highest BCUT2D eigenvalue weighted by atomic mass is 14.9. The lowest BCUT2D eigenvalue weighted by atomic mass is 10.1. The van der Waals surface area contributed by atoms with Crippen LogP contribution in [0.25, 0.3) is 11.0 Å². The largest absolute Gasteiger partial charge is 0.345 e. The van der Waals surface area contributed by atoms with Crippen molar-refractivity contribution in [2.45, 2.75) is 51.1 Å². The van der Waals surface area contributed by atoms with Gasteiger partial charge in [-0.2, -0.15) is 0 Å². The van der Waals surface area contributed by atoms with Gasteiger partial charge in [-0.05, 0) is 30.5 Å². The Morgan fingerprint density at radius 3 is 2.83 bits per heavy atom. The molecular weight excluding hydrogens is 222 g/mol. The van der Waals surface area contributed by atoms with Gasteiger partial charge in [-0.25, -0.2) is 4.98 Å². The van der Waals surface area contributed by atoms with Crippen molar-refractivity contribution < 1.29 is 0 Å². The Hall–Kier alpha value is -1.35. The fourth-order valence-electron chi connectivity index (χ4n) is 2.84. The van der Waals surface area contributed by atoms with Crippen molar-refractivity contribution in [3.8, 4) is 0 Å². The van der Waals surface area contributed by atoms with E-state index in [9.17, 15) is 0 Å². The van der Waals surface area contributed by atoms with Gasteiger partial charge in [-0.15, -0.1) is 0 Å². The van der Waals surface area contributed by atoms with E-state index in [1.165, 1.54) is 44.1 Å². The normalized spacial score (nSPS) is 18.0. The number of hydrogen-bond acceptors (Lipinski definition) is 2. The topological polar surface area (TPSA) is 40.7 Å². The minimum absolute atomic E-state index is 0.713. The van der Waals surface area contributed by atoms with E-state index in [-0.39, 0.29) is 0 Å². The second-order valence-electron chi connectivity index (χ2n) is 5.32. The average Bonchev–Trinajstić information content (AvgIpc) is 2.70. The van der Waals surface area contributed by atoms with Gasteiger partial charge in [0.05, 0.1) is 17.4 Å². The lowest BCUT2D eigenvalue weighted by Crippen LogP contribution is -2.27. The van der Waals surface area contributed by atoms with E-state index in [1.54, 1.807) is 6.33 Å². The SMILES string of the molecule is c1nc2ccc(CNC3CCCCCC3)cc2[nH]1. The molecule has 2 N–H and O–H groups in total. The van der Waals surface area contributed by atoms with E-state index in [4.69, 9.17) is 0 Å². The molecule has 0 bridgehead atoms. The van der Waals surface area contributed by atoms with Crippen molar-refractivity contribution in [2.24, 2.45) is 0 Å². The van der Waals surface area contributed by atoms with Crippen LogP contribution in [0.2, 0.25) is 0 Å². The zero-order chi connectivity index (χ0) is 12.2. The number of rotatable bonds is 3. The summed E-state index contributed by atoms with van der Waals surface area (Å²) in [5.74, 6) is 0. The summed E-state index contributed by atoms with van der Waals surface area (Å²) < 4.78 is 0. The van der Waals surface area contributed by atoms with Crippen LogP contribution in [0.15, 0.2) is 24.5 Å². The minimum atomic E-state index is 0.713. The van der Waals surface area contributed by atoms with E-state index in [0.29, 0.717) is 6.04 Å². The van der Waals surface area contributed by atoms with E-state index < -0.39 is 0 Å². The number of fused-ring (bicyclic) bond motifs is 1. The highest BCUT2D eigenvalue weighted by molar-refractivity contribution is 5.74. The van der Waals surface area contributed by atoms with Gasteiger partial charge in [-0.3, -0.25) is 0 Å². The number of benzene rings is 1. The third-order valence-corrected chi connectivity index (χ3v) is 3.93. The maximum absolute atomic E-state index is 4.25. The first-order chi connectivity index (χ1) is 8.92. The maximum Gasteiger partial charge on any atom is 0.0931 e. The molecule has 0 saturated heterocycles. The second kappa shape index (κ2) is 5.53. The van der Waals surface area contributed by atoms with Crippen molar-refractivity contribution in [1.82, 2.24) is 15.3 Å². The number of imidazole rings is 1. The van der Waals surface area contributed by atoms with E-state index >= 15 is 0 Å². The predicted molar refractivity (Wildman–Crippen MR) is 74.4 cm³/mol. The number of aromatic nitrogens is 2. The van der Waals surface area contributed by atoms with Crippen molar-refractivity contribution >= 4 is 11.0 Å². The summed E-state index contributed by atoms with van der Waals surface area (Å²) in [6, 6.07) is 7.18. The van der Waals surface area contributed by atoms with Crippen molar-refractivity contribution in [2.75, 3.05) is 0 Å². The van der Waals surface area contributed by atoms with Crippen LogP contribution < -0.4 is 5.32 Å². The van der Waals surface area contributed by atoms with Gasteiger partial charge in [0, 0.05) is 12.6 Å². The fourth-order valence-corrected chi connectivity index (χ4v) is 2.84. The quantitative estimate of drug-likeness (QED) is 0.811. The molecule has 0 unspecified atom stereocenters. The van der Waals surface area contributed by atoms with Crippen LogP contribution in [-0.4, -0.2) is 16.0 Å². The van der Waals surface area contributed by atoms with Gasteiger partial charge in [-0.1, -0.05) is 31.7 Å². The van der Waals surface area contributed by atoms with Crippen LogP contribution in [0.4, 0.5) is 0 Å². The first-order valence-electron chi connectivity index (χ1n) is 7.07. The molecule has 1 aromatic heterocycles. The smallest absolute Gasteiger partial charge is 0.0931 e. The molecular formula is C15H21N3. The number of H-pyrrole nitrogens is 1. The van der Waals surface area contributed by atoms with Crippen molar-refractivity contribution in [3.63, 3.8) is 0 Å². The molecule has 1 aliphatic carbocycles. The van der Waals surface area contributed by atoms with Gasteiger partial charge >= 0.3 is 0 Å². The summed E-state index contributed by atoms with van der Waals surface area (Å²) in [5.41, 5.74) is 3.53. The van der Waals surface area contributed by atoms with Gasteiger partial charge in [0.2, 0.25) is 0 Å². The molecule has 1 saturated carbocycles. The molecule has 0 atom stereocenters. The second-order valence-corrected chi connectivity index (χ2v) is 5.32. The molecule has 2 aromatic rings. The Balaban J connectivity index is 1.61. The van der Waals surface area contributed by atoms with Gasteiger partial charge in [0.15, 0.2) is 0 Å². The summed E-state index contributed by atoms with van der Waals surface area (Å²) in [7, 11) is 0. The Morgan fingerprint density at radius 2 is 2.00 bits per heavy atom. The summed E-state index contributed by atoms with van der Waals surface area (Å²) in [6.07, 6.45) is 10.0. The Bertz CT molecular complexity index is 495. The van der Waals surface area contributed by atoms with Crippen molar-refractivity contribution in [3.05, 3.63) is 30.1 Å². The number of nitrogens with one attached hydrogen (secondary N) is 2. The maximum atomic E-state index is 4.25. The van der Waals surface area contributed by atoms with Crippen LogP contribution in [0.5, 0.6) is 0 Å². The lowest BCUT2D eigenvalue weighted by Gasteiger charge is -2.16. The monoisotopic (exact) mass is 243 g/mol. The summed E-state index contributed by atoms with van der Waals surface area (Å²) >= 11 is 0. The molecule has 96 valence electrons. The molecule has 0 spiro atoms. The summed E-state index contributed by atoms with van der Waals surface area (Å²) in [4.78, 5) is 7.42. The van der Waals surface area contributed by atoms with E-state index in [0.717, 1.165) is 17.6 Å². The van der Waals surface area contributed by atoms with Gasteiger partial charge in [0.1, 0.15) is 0 Å². The third kappa shape index (κ3) is 2.72. The van der Waals surface area contributed by atoms with Crippen LogP contribution in [-0.2, 0) is 6.54 Å². The number of nitrogens with zero attached hydrogens (tertiary/aromatic N) is 1. The fraction of sp³-hybridized carbons (Fsp3) is 0.533. The summed E-state index contributed by atoms with van der Waals surface area (Å²) in [6.45, 7) is 0.972. The molecule has 3 nitrogen and oxygen atoms in total. The lowest BCUT2D eigenvalue weighted by molar-refractivity contribution is 0.459. The standard InChI is InChI=1S/C15H21N3/c1-2-4-6-13(5-3-1)16-10-12-7-8-14-15(9-12)18-11-17-14/h7-9,11,13,16H,1-6,10H2,(H,17,18). The Labute approximate surface area is 108 Å². The molecule has 0 aliphatic heterocycles. The Kier molecular flexibility index (Phi) is 3.60. The van der Waals surface area contributed by atoms with Crippen molar-refractivity contribution in [1.29, 1.82) is 0 Å². The van der Waals surface area contributed by atoms with Crippen LogP contribution >= 0.6 is 0 Å². The molecule has 1 aromatic carbocycles. The van der Waals surface area contributed by atoms with Crippen LogP contribution in [0.3, 0.4) is 0 Å². The summed E-state index contributed by atoms with van der Waals surface area (Å²) in [5, 5.41) is 3.70. The van der Waals surface area contributed by atoms with Gasteiger partial charge < -0.3 is 10.3 Å². The van der Waals surface area contributed by atoms with E-state index in [2.05, 4.69) is 33.5 Å². The molecule has 1 aliphatic rings. The third-order valence-electron chi connectivity index (χ3n) is 3.93. The van der Waals surface area contributed by atoms with Gasteiger partial charge in [0.25, 0.3) is 0 Å². The number of hydrogen-bond donors (Lipinski definition) is 2. The molecule has 1 fully saturated rings. The molecule has 3 heteroatoms.